The Hall–Kier alpha value is -0.530. The predicted molar refractivity (Wildman–Crippen MR) is 54.6 cm³/mol. The summed E-state index contributed by atoms with van der Waals surface area (Å²) in [6.45, 7) is 3.13. The minimum Gasteiger partial charge on any atom is -0.342 e. The van der Waals surface area contributed by atoms with Gasteiger partial charge in [0.15, 0.2) is 0 Å². The highest BCUT2D eigenvalue weighted by Gasteiger charge is 2.18. The third kappa shape index (κ3) is 3.37. The molecule has 1 saturated carbocycles. The van der Waals surface area contributed by atoms with Crippen LogP contribution < -0.4 is 0 Å². The van der Waals surface area contributed by atoms with Gasteiger partial charge in [0.25, 0.3) is 0 Å². The lowest BCUT2D eigenvalue weighted by molar-refractivity contribution is -0.120. The molecule has 0 heterocycles. The van der Waals surface area contributed by atoms with E-state index in [9.17, 15) is 4.79 Å². The molecule has 0 radical (unpaired) electrons. The number of carbonyl (C=O) groups is 1. The van der Waals surface area contributed by atoms with Crippen LogP contribution in [0.15, 0.2) is 0 Å². The molecule has 0 saturated heterocycles. The topological polar surface area (TPSA) is 20.3 Å². The quantitative estimate of drug-likeness (QED) is 0.600. The highest BCUT2D eigenvalue weighted by Crippen LogP contribution is 2.21. The first kappa shape index (κ1) is 10.6. The average molecular weight is 183 g/mol. The summed E-state index contributed by atoms with van der Waals surface area (Å²) in [6, 6.07) is 0.554. The number of rotatable bonds is 5. The Morgan fingerprint density at radius 1 is 1.31 bits per heavy atom. The molecule has 0 unspecified atom stereocenters. The molecule has 1 fully saturated rings. The van der Waals surface area contributed by atoms with E-state index in [-0.39, 0.29) is 0 Å². The molecule has 13 heavy (non-hydrogen) atoms. The van der Waals surface area contributed by atoms with Gasteiger partial charge < -0.3 is 4.90 Å². The maximum Gasteiger partial charge on any atom is 0.209 e. The predicted octanol–water partition coefficient (Wildman–Crippen LogP) is 2.58. The van der Waals surface area contributed by atoms with Gasteiger partial charge in [-0.3, -0.25) is 4.79 Å². The molecule has 0 aromatic heterocycles. The fourth-order valence-electron chi connectivity index (χ4n) is 2.07. The number of unbranched alkanes of at least 4 members (excludes halogenated alkanes) is 1. The SMILES string of the molecule is CCCCN(C=O)C1CCCCC1. The molecule has 0 aromatic carbocycles. The average Bonchev–Trinajstić information content (AvgIpc) is 2.21. The van der Waals surface area contributed by atoms with E-state index in [1.165, 1.54) is 38.5 Å². The molecule has 1 aliphatic rings. The van der Waals surface area contributed by atoms with Gasteiger partial charge in [-0.1, -0.05) is 32.6 Å². The van der Waals surface area contributed by atoms with Gasteiger partial charge in [-0.15, -0.1) is 0 Å². The number of nitrogens with zero attached hydrogens (tertiary/aromatic N) is 1. The number of hydrogen-bond acceptors (Lipinski definition) is 1. The van der Waals surface area contributed by atoms with Crippen LogP contribution in [0.3, 0.4) is 0 Å². The molecule has 1 amide bonds. The Kier molecular flexibility index (Phi) is 4.87. The van der Waals surface area contributed by atoms with Crippen LogP contribution in [0.25, 0.3) is 0 Å². The molecule has 0 aliphatic heterocycles. The summed E-state index contributed by atoms with van der Waals surface area (Å²) < 4.78 is 0. The third-order valence-electron chi connectivity index (χ3n) is 2.95. The van der Waals surface area contributed by atoms with E-state index in [4.69, 9.17) is 0 Å². The molecule has 0 spiro atoms. The van der Waals surface area contributed by atoms with E-state index >= 15 is 0 Å². The van der Waals surface area contributed by atoms with Crippen molar-refractivity contribution in [3.8, 4) is 0 Å². The lowest BCUT2D eigenvalue weighted by Gasteiger charge is -2.31. The lowest BCUT2D eigenvalue weighted by atomic mass is 9.94. The van der Waals surface area contributed by atoms with Crippen LogP contribution in [0.1, 0.15) is 51.9 Å². The number of amides is 1. The van der Waals surface area contributed by atoms with E-state index < -0.39 is 0 Å². The van der Waals surface area contributed by atoms with E-state index in [2.05, 4.69) is 6.92 Å². The Morgan fingerprint density at radius 3 is 2.54 bits per heavy atom. The number of carbonyl (C=O) groups excluding carboxylic acids is 1. The van der Waals surface area contributed by atoms with Crippen LogP contribution in [0.4, 0.5) is 0 Å². The lowest BCUT2D eigenvalue weighted by Crippen LogP contribution is -2.36. The first-order valence-corrected chi connectivity index (χ1v) is 5.59. The Balaban J connectivity index is 2.30. The largest absolute Gasteiger partial charge is 0.342 e. The normalized spacial score (nSPS) is 18.5. The second-order valence-electron chi connectivity index (χ2n) is 3.99. The zero-order valence-electron chi connectivity index (χ0n) is 8.67. The monoisotopic (exact) mass is 183 g/mol. The highest BCUT2D eigenvalue weighted by molar-refractivity contribution is 5.47. The summed E-state index contributed by atoms with van der Waals surface area (Å²) in [5.41, 5.74) is 0. The standard InChI is InChI=1S/C11H21NO/c1-2-3-9-12(10-13)11-7-5-4-6-8-11/h10-11H,2-9H2,1H3. The van der Waals surface area contributed by atoms with Crippen molar-refractivity contribution in [3.05, 3.63) is 0 Å². The third-order valence-corrected chi connectivity index (χ3v) is 2.95. The molecule has 2 nitrogen and oxygen atoms in total. The zero-order chi connectivity index (χ0) is 9.52. The van der Waals surface area contributed by atoms with E-state index in [0.717, 1.165) is 19.4 Å². The van der Waals surface area contributed by atoms with Crippen molar-refractivity contribution in [2.75, 3.05) is 6.54 Å². The Labute approximate surface area is 81.3 Å². The summed E-state index contributed by atoms with van der Waals surface area (Å²) in [4.78, 5) is 12.9. The van der Waals surface area contributed by atoms with Gasteiger partial charge in [0.05, 0.1) is 0 Å². The number of hydrogen-bond donors (Lipinski definition) is 0. The zero-order valence-corrected chi connectivity index (χ0v) is 8.67. The van der Waals surface area contributed by atoms with Crippen molar-refractivity contribution < 1.29 is 4.79 Å². The molecule has 0 bridgehead atoms. The van der Waals surface area contributed by atoms with Crippen molar-refractivity contribution in [1.29, 1.82) is 0 Å². The van der Waals surface area contributed by atoms with Gasteiger partial charge in [0.1, 0.15) is 0 Å². The van der Waals surface area contributed by atoms with Crippen LogP contribution >= 0.6 is 0 Å². The maximum atomic E-state index is 10.8. The molecule has 1 aliphatic carbocycles. The highest BCUT2D eigenvalue weighted by atomic mass is 16.1. The minimum absolute atomic E-state index is 0.554. The van der Waals surface area contributed by atoms with Gasteiger partial charge in [0, 0.05) is 12.6 Å². The first-order valence-electron chi connectivity index (χ1n) is 5.59. The van der Waals surface area contributed by atoms with Crippen LogP contribution in [-0.4, -0.2) is 23.9 Å². The van der Waals surface area contributed by atoms with Gasteiger partial charge in [-0.05, 0) is 19.3 Å². The molecular formula is C11H21NO. The second kappa shape index (κ2) is 6.01. The van der Waals surface area contributed by atoms with E-state index in [1.54, 1.807) is 0 Å². The molecular weight excluding hydrogens is 162 g/mol. The Morgan fingerprint density at radius 2 is 2.00 bits per heavy atom. The van der Waals surface area contributed by atoms with Crippen molar-refractivity contribution in [1.82, 2.24) is 4.90 Å². The van der Waals surface area contributed by atoms with Crippen LogP contribution in [-0.2, 0) is 4.79 Å². The molecule has 1 rings (SSSR count). The summed E-state index contributed by atoms with van der Waals surface area (Å²) >= 11 is 0. The summed E-state index contributed by atoms with van der Waals surface area (Å²) in [7, 11) is 0. The smallest absolute Gasteiger partial charge is 0.209 e. The van der Waals surface area contributed by atoms with Gasteiger partial charge in [-0.2, -0.15) is 0 Å². The molecule has 0 N–H and O–H groups in total. The maximum absolute atomic E-state index is 10.8. The minimum atomic E-state index is 0.554. The summed E-state index contributed by atoms with van der Waals surface area (Å²) in [6.07, 6.45) is 9.79. The molecule has 0 atom stereocenters. The van der Waals surface area contributed by atoms with Crippen LogP contribution in [0.2, 0.25) is 0 Å². The fourth-order valence-corrected chi connectivity index (χ4v) is 2.07. The van der Waals surface area contributed by atoms with Gasteiger partial charge >= 0.3 is 0 Å². The van der Waals surface area contributed by atoms with E-state index in [1.807, 2.05) is 4.90 Å². The fraction of sp³-hybridized carbons (Fsp3) is 0.909. The van der Waals surface area contributed by atoms with Crippen molar-refractivity contribution in [2.24, 2.45) is 0 Å². The molecule has 0 aromatic rings. The first-order chi connectivity index (χ1) is 6.38. The van der Waals surface area contributed by atoms with E-state index in [0.29, 0.717) is 6.04 Å². The summed E-state index contributed by atoms with van der Waals surface area (Å²) in [5, 5.41) is 0. The van der Waals surface area contributed by atoms with Crippen LogP contribution in [0, 0.1) is 0 Å². The van der Waals surface area contributed by atoms with Crippen LogP contribution in [0.5, 0.6) is 0 Å². The summed E-state index contributed by atoms with van der Waals surface area (Å²) in [5.74, 6) is 0. The van der Waals surface area contributed by atoms with Crippen molar-refractivity contribution in [2.45, 2.75) is 57.9 Å². The molecule has 76 valence electrons. The second-order valence-corrected chi connectivity index (χ2v) is 3.99. The van der Waals surface area contributed by atoms with Gasteiger partial charge in [0.2, 0.25) is 6.41 Å². The molecule has 2 heteroatoms. The van der Waals surface area contributed by atoms with Gasteiger partial charge in [-0.25, -0.2) is 0 Å². The van der Waals surface area contributed by atoms with Crippen molar-refractivity contribution in [3.63, 3.8) is 0 Å². The van der Waals surface area contributed by atoms with Crippen molar-refractivity contribution >= 4 is 6.41 Å². The Bertz CT molecular complexity index is 141.